The normalized spacial score (nSPS) is 10.8. The largest absolute Gasteiger partial charge is 0.504 e. The summed E-state index contributed by atoms with van der Waals surface area (Å²) in [6, 6.07) is 22.8. The lowest BCUT2D eigenvalue weighted by Crippen LogP contribution is -2.09. The molecule has 8 heteroatoms. The van der Waals surface area contributed by atoms with E-state index in [1.54, 1.807) is 30.3 Å². The van der Waals surface area contributed by atoms with Crippen LogP contribution in [0.2, 0.25) is 0 Å². The summed E-state index contributed by atoms with van der Waals surface area (Å²) in [7, 11) is 2.78. The third-order valence-electron chi connectivity index (χ3n) is 6.04. The fourth-order valence-electron chi connectivity index (χ4n) is 4.10. The van der Waals surface area contributed by atoms with Crippen molar-refractivity contribution in [3.05, 3.63) is 96.1 Å². The number of carbonyl (C=O) groups is 2. The maximum absolute atomic E-state index is 12.9. The van der Waals surface area contributed by atoms with E-state index >= 15 is 0 Å². The summed E-state index contributed by atoms with van der Waals surface area (Å²) in [5.74, 6) is -0.505. The van der Waals surface area contributed by atoms with Crippen LogP contribution in [0.15, 0.2) is 84.9 Å². The number of rotatable bonds is 6. The topological polar surface area (TPSA) is 112 Å². The number of ether oxygens (including phenoxy) is 4. The molecule has 0 aliphatic heterocycles. The number of carbonyl (C=O) groups excluding carboxylic acids is 2. The third-order valence-corrected chi connectivity index (χ3v) is 6.04. The van der Waals surface area contributed by atoms with Crippen LogP contribution in [0.4, 0.5) is 0 Å². The van der Waals surface area contributed by atoms with Gasteiger partial charge in [0, 0.05) is 10.8 Å². The molecule has 0 saturated heterocycles. The molecule has 5 aromatic carbocycles. The number of hydrogen-bond acceptors (Lipinski definition) is 8. The Hall–Kier alpha value is -5.24. The van der Waals surface area contributed by atoms with Gasteiger partial charge in [-0.25, -0.2) is 9.59 Å². The van der Waals surface area contributed by atoms with Crippen molar-refractivity contribution in [1.82, 2.24) is 0 Å². The standard InChI is InChI=1S/C30H22O8/c1-35-27-14-19(9-11-23(27)31)29(33)37-25-7-3-5-17-13-18-6-4-8-26(22(18)16-21(17)25)38-30(34)20-10-12-24(32)28(15-20)36-2/h3-16,31-32H,1-2H3. The second-order valence-electron chi connectivity index (χ2n) is 8.36. The van der Waals surface area contributed by atoms with Crippen LogP contribution in [0.5, 0.6) is 34.5 Å². The number of hydrogen-bond donors (Lipinski definition) is 2. The molecule has 0 radical (unpaired) electrons. The molecule has 0 aliphatic rings. The molecule has 2 N–H and O–H groups in total. The first kappa shape index (κ1) is 24.5. The van der Waals surface area contributed by atoms with Gasteiger partial charge in [-0.05, 0) is 71.4 Å². The highest BCUT2D eigenvalue weighted by Crippen LogP contribution is 2.36. The van der Waals surface area contributed by atoms with Crippen LogP contribution in [-0.2, 0) is 0 Å². The van der Waals surface area contributed by atoms with Gasteiger partial charge in [0.1, 0.15) is 11.5 Å². The lowest BCUT2D eigenvalue weighted by atomic mass is 10.0. The summed E-state index contributed by atoms with van der Waals surface area (Å²) in [5.41, 5.74) is 0.410. The maximum atomic E-state index is 12.9. The van der Waals surface area contributed by atoms with E-state index < -0.39 is 11.9 Å². The van der Waals surface area contributed by atoms with E-state index in [0.717, 1.165) is 10.8 Å². The molecule has 0 spiro atoms. The first-order valence-corrected chi connectivity index (χ1v) is 11.5. The zero-order chi connectivity index (χ0) is 26.8. The predicted molar refractivity (Wildman–Crippen MR) is 141 cm³/mol. The second-order valence-corrected chi connectivity index (χ2v) is 8.36. The number of phenolic OH excluding ortho intramolecular Hbond substituents is 2. The van der Waals surface area contributed by atoms with Crippen molar-refractivity contribution in [1.29, 1.82) is 0 Å². The van der Waals surface area contributed by atoms with E-state index in [9.17, 15) is 19.8 Å². The monoisotopic (exact) mass is 510 g/mol. The summed E-state index contributed by atoms with van der Waals surface area (Å²) in [6.45, 7) is 0. The Labute approximate surface area is 217 Å². The van der Waals surface area contributed by atoms with Crippen molar-refractivity contribution >= 4 is 33.5 Å². The Bertz CT molecular complexity index is 1580. The van der Waals surface area contributed by atoms with Crippen LogP contribution >= 0.6 is 0 Å². The van der Waals surface area contributed by atoms with Gasteiger partial charge in [0.15, 0.2) is 23.0 Å². The number of methoxy groups -OCH3 is 2. The Morgan fingerprint density at radius 1 is 0.553 bits per heavy atom. The summed E-state index contributed by atoms with van der Waals surface area (Å²) < 4.78 is 21.6. The quantitative estimate of drug-likeness (QED) is 0.166. The second kappa shape index (κ2) is 10.0. The van der Waals surface area contributed by atoms with E-state index in [2.05, 4.69) is 0 Å². The molecule has 190 valence electrons. The summed E-state index contributed by atoms with van der Waals surface area (Å²) in [4.78, 5) is 25.8. The van der Waals surface area contributed by atoms with Crippen molar-refractivity contribution < 1.29 is 38.7 Å². The first-order valence-electron chi connectivity index (χ1n) is 11.5. The zero-order valence-corrected chi connectivity index (χ0v) is 20.4. The Kier molecular flexibility index (Phi) is 6.45. The zero-order valence-electron chi connectivity index (χ0n) is 20.4. The van der Waals surface area contributed by atoms with Crippen LogP contribution in [0.3, 0.4) is 0 Å². The molecule has 38 heavy (non-hydrogen) atoms. The van der Waals surface area contributed by atoms with Crippen LogP contribution in [0, 0.1) is 0 Å². The van der Waals surface area contributed by atoms with Gasteiger partial charge in [-0.2, -0.15) is 0 Å². The van der Waals surface area contributed by atoms with Gasteiger partial charge in [0.2, 0.25) is 0 Å². The molecule has 0 fully saturated rings. The fourth-order valence-corrected chi connectivity index (χ4v) is 4.10. The number of esters is 2. The van der Waals surface area contributed by atoms with Gasteiger partial charge in [0.25, 0.3) is 0 Å². The fraction of sp³-hybridized carbons (Fsp3) is 0.0667. The molecular weight excluding hydrogens is 488 g/mol. The minimum atomic E-state index is -0.628. The maximum Gasteiger partial charge on any atom is 0.343 e. The molecule has 0 unspecified atom stereocenters. The molecular formula is C30H22O8. The highest BCUT2D eigenvalue weighted by molar-refractivity contribution is 6.05. The molecule has 0 saturated carbocycles. The molecule has 0 heterocycles. The van der Waals surface area contributed by atoms with Crippen molar-refractivity contribution in [2.24, 2.45) is 0 Å². The minimum Gasteiger partial charge on any atom is -0.504 e. The van der Waals surface area contributed by atoms with E-state index in [1.807, 2.05) is 18.2 Å². The smallest absolute Gasteiger partial charge is 0.343 e. The van der Waals surface area contributed by atoms with Gasteiger partial charge < -0.3 is 29.2 Å². The van der Waals surface area contributed by atoms with Crippen molar-refractivity contribution in [2.45, 2.75) is 0 Å². The van der Waals surface area contributed by atoms with Gasteiger partial charge in [0.05, 0.1) is 25.3 Å². The Morgan fingerprint density at radius 3 is 1.42 bits per heavy atom. The first-order chi connectivity index (χ1) is 18.4. The van der Waals surface area contributed by atoms with Crippen molar-refractivity contribution in [2.75, 3.05) is 14.2 Å². The van der Waals surface area contributed by atoms with Crippen LogP contribution in [0.25, 0.3) is 21.5 Å². The molecule has 5 rings (SSSR count). The van der Waals surface area contributed by atoms with Crippen molar-refractivity contribution in [3.63, 3.8) is 0 Å². The van der Waals surface area contributed by atoms with Gasteiger partial charge in [-0.15, -0.1) is 0 Å². The lowest BCUT2D eigenvalue weighted by molar-refractivity contribution is 0.0727. The average molecular weight is 510 g/mol. The number of benzene rings is 5. The molecule has 0 aliphatic carbocycles. The van der Waals surface area contributed by atoms with E-state index in [0.29, 0.717) is 22.3 Å². The van der Waals surface area contributed by atoms with Gasteiger partial charge >= 0.3 is 11.9 Å². The van der Waals surface area contributed by atoms with Gasteiger partial charge in [-0.1, -0.05) is 24.3 Å². The predicted octanol–water partition coefficient (Wildman–Crippen LogP) is 5.86. The summed E-state index contributed by atoms with van der Waals surface area (Å²) >= 11 is 0. The summed E-state index contributed by atoms with van der Waals surface area (Å²) in [5, 5.41) is 22.5. The number of aromatic hydroxyl groups is 2. The van der Waals surface area contributed by atoms with E-state index in [-0.39, 0.29) is 34.1 Å². The van der Waals surface area contributed by atoms with Crippen LogP contribution in [0.1, 0.15) is 20.7 Å². The molecule has 0 atom stereocenters. The molecule has 0 amide bonds. The number of fused-ring (bicyclic) bond motifs is 2. The highest BCUT2D eigenvalue weighted by Gasteiger charge is 2.17. The molecule has 0 aromatic heterocycles. The van der Waals surface area contributed by atoms with Crippen molar-refractivity contribution in [3.8, 4) is 34.5 Å². The van der Waals surface area contributed by atoms with Crippen LogP contribution in [-0.4, -0.2) is 36.4 Å². The molecule has 0 bridgehead atoms. The molecule has 8 nitrogen and oxygen atoms in total. The lowest BCUT2D eigenvalue weighted by Gasteiger charge is -2.12. The Morgan fingerprint density at radius 2 is 1.00 bits per heavy atom. The number of phenols is 2. The molecule has 5 aromatic rings. The average Bonchev–Trinajstić information content (AvgIpc) is 2.93. The van der Waals surface area contributed by atoms with Crippen LogP contribution < -0.4 is 18.9 Å². The van der Waals surface area contributed by atoms with E-state index in [4.69, 9.17) is 18.9 Å². The van der Waals surface area contributed by atoms with E-state index in [1.165, 1.54) is 50.6 Å². The van der Waals surface area contributed by atoms with Gasteiger partial charge in [-0.3, -0.25) is 0 Å². The SMILES string of the molecule is COc1cc(C(=O)Oc2cccc3cc4cccc(OC(=O)c5ccc(O)c(OC)c5)c4cc23)ccc1O. The highest BCUT2D eigenvalue weighted by atomic mass is 16.5. The Balaban J connectivity index is 1.51. The third kappa shape index (κ3) is 4.62. The minimum absolute atomic E-state index is 0.0893. The summed E-state index contributed by atoms with van der Waals surface area (Å²) in [6.07, 6.45) is 0.